The number of benzene rings is 1. The molecular formula is C13H17BrN2O. The Morgan fingerprint density at radius 2 is 2.18 bits per heavy atom. The van der Waals surface area contributed by atoms with Crippen LogP contribution in [-0.4, -0.2) is 16.2 Å². The molecule has 0 aliphatic carbocycles. The second kappa shape index (κ2) is 5.08. The van der Waals surface area contributed by atoms with Gasteiger partial charge in [-0.25, -0.2) is 4.98 Å². The molecule has 0 aliphatic heterocycles. The molecule has 0 saturated carbocycles. The zero-order chi connectivity index (χ0) is 12.4. The Hall–Kier alpha value is -1.03. The summed E-state index contributed by atoms with van der Waals surface area (Å²) >= 11 is 3.50. The average molecular weight is 297 g/mol. The van der Waals surface area contributed by atoms with E-state index in [1.165, 1.54) is 0 Å². The second-order valence-corrected chi connectivity index (χ2v) is 5.11. The van der Waals surface area contributed by atoms with Crippen LogP contribution >= 0.6 is 15.9 Å². The summed E-state index contributed by atoms with van der Waals surface area (Å²) in [6.07, 6.45) is 2.21. The van der Waals surface area contributed by atoms with Crippen molar-refractivity contribution in [1.82, 2.24) is 9.55 Å². The highest BCUT2D eigenvalue weighted by molar-refractivity contribution is 9.10. The lowest BCUT2D eigenvalue weighted by molar-refractivity contribution is 0.311. The van der Waals surface area contributed by atoms with Crippen LogP contribution in [0.3, 0.4) is 0 Å². The Morgan fingerprint density at radius 1 is 1.41 bits per heavy atom. The fourth-order valence-electron chi connectivity index (χ4n) is 1.83. The lowest BCUT2D eigenvalue weighted by Crippen LogP contribution is -1.99. The van der Waals surface area contributed by atoms with Crippen molar-refractivity contribution < 1.29 is 4.74 Å². The maximum atomic E-state index is 5.84. The molecule has 0 unspecified atom stereocenters. The van der Waals surface area contributed by atoms with Gasteiger partial charge in [-0.05, 0) is 25.5 Å². The second-order valence-electron chi connectivity index (χ2n) is 4.19. The maximum absolute atomic E-state index is 5.84. The molecule has 2 rings (SSSR count). The number of aryl methyl sites for hydroxylation is 2. The molecule has 0 aliphatic rings. The lowest BCUT2D eigenvalue weighted by Gasteiger charge is -2.08. The van der Waals surface area contributed by atoms with E-state index in [2.05, 4.69) is 32.4 Å². The number of imidazole rings is 1. The van der Waals surface area contributed by atoms with Gasteiger partial charge in [0.15, 0.2) is 0 Å². The van der Waals surface area contributed by atoms with Crippen LogP contribution in [0.1, 0.15) is 25.6 Å². The minimum Gasteiger partial charge on any atom is -0.491 e. The van der Waals surface area contributed by atoms with Gasteiger partial charge in [0.1, 0.15) is 17.1 Å². The van der Waals surface area contributed by atoms with Gasteiger partial charge in [0, 0.05) is 11.5 Å². The Kier molecular flexibility index (Phi) is 3.72. The monoisotopic (exact) mass is 296 g/mol. The summed E-state index contributed by atoms with van der Waals surface area (Å²) in [5, 5.41) is 0. The van der Waals surface area contributed by atoms with Crippen molar-refractivity contribution in [2.45, 2.75) is 26.7 Å². The third kappa shape index (κ3) is 2.46. The summed E-state index contributed by atoms with van der Waals surface area (Å²) in [4.78, 5) is 4.52. The average Bonchev–Trinajstić information content (AvgIpc) is 2.54. The van der Waals surface area contributed by atoms with E-state index in [0.717, 1.165) is 46.5 Å². The van der Waals surface area contributed by atoms with Gasteiger partial charge in [0.05, 0.1) is 12.1 Å². The number of halogens is 1. The fraction of sp³-hybridized carbons (Fsp3) is 0.462. The van der Waals surface area contributed by atoms with Crippen molar-refractivity contribution in [1.29, 1.82) is 0 Å². The zero-order valence-electron chi connectivity index (χ0n) is 10.5. The first-order valence-corrected chi connectivity index (χ1v) is 6.68. The van der Waals surface area contributed by atoms with E-state index in [1.54, 1.807) is 0 Å². The molecule has 17 heavy (non-hydrogen) atoms. The Labute approximate surface area is 110 Å². The van der Waals surface area contributed by atoms with Crippen molar-refractivity contribution in [2.75, 3.05) is 6.61 Å². The van der Waals surface area contributed by atoms with Crippen LogP contribution < -0.4 is 4.74 Å². The first-order chi connectivity index (χ1) is 8.13. The minimum absolute atomic E-state index is 0.756. The summed E-state index contributed by atoms with van der Waals surface area (Å²) < 4.78 is 8.93. The predicted molar refractivity (Wildman–Crippen MR) is 73.6 cm³/mol. The van der Waals surface area contributed by atoms with Gasteiger partial charge in [-0.2, -0.15) is 0 Å². The fourth-order valence-corrected chi connectivity index (χ4v) is 2.26. The van der Waals surface area contributed by atoms with Gasteiger partial charge in [0.2, 0.25) is 0 Å². The largest absolute Gasteiger partial charge is 0.491 e. The number of aromatic nitrogens is 2. The van der Waals surface area contributed by atoms with Crippen molar-refractivity contribution in [3.05, 3.63) is 22.4 Å². The SMILES string of the molecule is CCCCOc1cc(Br)cc2nc(C)n(C)c12. The number of fused-ring (bicyclic) bond motifs is 1. The molecule has 1 aromatic carbocycles. The molecule has 0 fully saturated rings. The standard InChI is InChI=1S/C13H17BrN2O/c1-4-5-6-17-12-8-10(14)7-11-13(12)16(3)9(2)15-11/h7-8H,4-6H2,1-3H3. The molecule has 0 amide bonds. The van der Waals surface area contributed by atoms with Crippen LogP contribution in [0.2, 0.25) is 0 Å². The van der Waals surface area contributed by atoms with Crippen LogP contribution in [0.25, 0.3) is 11.0 Å². The molecule has 0 N–H and O–H groups in total. The molecule has 1 heterocycles. The Balaban J connectivity index is 2.44. The third-order valence-corrected chi connectivity index (χ3v) is 3.34. The van der Waals surface area contributed by atoms with Gasteiger partial charge < -0.3 is 9.30 Å². The molecule has 2 aromatic rings. The summed E-state index contributed by atoms with van der Waals surface area (Å²) in [6, 6.07) is 4.04. The van der Waals surface area contributed by atoms with Gasteiger partial charge in [-0.15, -0.1) is 0 Å². The molecule has 0 bridgehead atoms. The number of ether oxygens (including phenoxy) is 1. The van der Waals surface area contributed by atoms with Crippen molar-refractivity contribution in [2.24, 2.45) is 7.05 Å². The molecule has 0 saturated heterocycles. The van der Waals surface area contributed by atoms with Gasteiger partial charge in [-0.1, -0.05) is 29.3 Å². The van der Waals surface area contributed by atoms with Crippen LogP contribution in [0.15, 0.2) is 16.6 Å². The number of rotatable bonds is 4. The van der Waals surface area contributed by atoms with E-state index in [1.807, 2.05) is 26.1 Å². The molecule has 0 radical (unpaired) electrons. The lowest BCUT2D eigenvalue weighted by atomic mass is 10.3. The van der Waals surface area contributed by atoms with Gasteiger partial charge in [-0.3, -0.25) is 0 Å². The van der Waals surface area contributed by atoms with E-state index in [4.69, 9.17) is 4.74 Å². The highest BCUT2D eigenvalue weighted by atomic mass is 79.9. The molecule has 1 aromatic heterocycles. The molecule has 0 atom stereocenters. The molecular weight excluding hydrogens is 280 g/mol. The Morgan fingerprint density at radius 3 is 2.88 bits per heavy atom. The van der Waals surface area contributed by atoms with Gasteiger partial charge >= 0.3 is 0 Å². The van der Waals surface area contributed by atoms with Crippen LogP contribution in [0, 0.1) is 6.92 Å². The molecule has 0 spiro atoms. The smallest absolute Gasteiger partial charge is 0.146 e. The van der Waals surface area contributed by atoms with E-state index in [-0.39, 0.29) is 0 Å². The molecule has 3 nitrogen and oxygen atoms in total. The first-order valence-electron chi connectivity index (χ1n) is 5.89. The van der Waals surface area contributed by atoms with Gasteiger partial charge in [0.25, 0.3) is 0 Å². The van der Waals surface area contributed by atoms with E-state index in [0.29, 0.717) is 0 Å². The quantitative estimate of drug-likeness (QED) is 0.802. The third-order valence-electron chi connectivity index (χ3n) is 2.88. The van der Waals surface area contributed by atoms with Crippen molar-refractivity contribution in [3.8, 4) is 5.75 Å². The topological polar surface area (TPSA) is 27.1 Å². The highest BCUT2D eigenvalue weighted by Crippen LogP contribution is 2.30. The highest BCUT2D eigenvalue weighted by Gasteiger charge is 2.11. The molecule has 4 heteroatoms. The number of nitrogens with zero attached hydrogens (tertiary/aromatic N) is 2. The predicted octanol–water partition coefficient (Wildman–Crippen LogP) is 3.82. The maximum Gasteiger partial charge on any atom is 0.146 e. The van der Waals surface area contributed by atoms with E-state index >= 15 is 0 Å². The minimum atomic E-state index is 0.756. The van der Waals surface area contributed by atoms with Crippen LogP contribution in [0.5, 0.6) is 5.75 Å². The number of unbranched alkanes of at least 4 members (excludes halogenated alkanes) is 1. The number of hydrogen-bond donors (Lipinski definition) is 0. The zero-order valence-corrected chi connectivity index (χ0v) is 12.0. The number of hydrogen-bond acceptors (Lipinski definition) is 2. The van der Waals surface area contributed by atoms with E-state index in [9.17, 15) is 0 Å². The first kappa shape index (κ1) is 12.4. The van der Waals surface area contributed by atoms with E-state index < -0.39 is 0 Å². The summed E-state index contributed by atoms with van der Waals surface area (Å²) in [6.45, 7) is 4.92. The van der Waals surface area contributed by atoms with Crippen LogP contribution in [0.4, 0.5) is 0 Å². The Bertz CT molecular complexity index is 534. The van der Waals surface area contributed by atoms with Crippen molar-refractivity contribution >= 4 is 27.0 Å². The van der Waals surface area contributed by atoms with Crippen LogP contribution in [-0.2, 0) is 7.05 Å². The van der Waals surface area contributed by atoms with Crippen molar-refractivity contribution in [3.63, 3.8) is 0 Å². The normalized spacial score (nSPS) is 11.1. The summed E-state index contributed by atoms with van der Waals surface area (Å²) in [7, 11) is 2.02. The molecule has 92 valence electrons. The summed E-state index contributed by atoms with van der Waals surface area (Å²) in [5.74, 6) is 1.91. The summed E-state index contributed by atoms with van der Waals surface area (Å²) in [5.41, 5.74) is 2.05.